The topological polar surface area (TPSA) is 29.5 Å². The van der Waals surface area contributed by atoms with Crippen LogP contribution in [0, 0.1) is 9.49 Å². The maximum absolute atomic E-state index is 12.3. The predicted molar refractivity (Wildman–Crippen MR) is 93.8 cm³/mol. The van der Waals surface area contributed by atoms with Crippen molar-refractivity contribution in [3.63, 3.8) is 0 Å². The number of carbonyl (C=O) groups is 1. The van der Waals surface area contributed by atoms with Gasteiger partial charge in [-0.3, -0.25) is 9.69 Å². The van der Waals surface area contributed by atoms with E-state index in [9.17, 15) is 4.79 Å². The highest BCUT2D eigenvalue weighted by atomic mass is 127. The summed E-state index contributed by atoms with van der Waals surface area (Å²) in [6, 6.07) is 9.56. The van der Waals surface area contributed by atoms with Crippen LogP contribution >= 0.6 is 35.0 Å². The third kappa shape index (κ3) is 3.08. The van der Waals surface area contributed by atoms with Gasteiger partial charge in [0.05, 0.1) is 13.0 Å². The van der Waals surface area contributed by atoms with Crippen molar-refractivity contribution in [1.82, 2.24) is 4.90 Å². The third-order valence-corrected chi connectivity index (χ3v) is 5.76. The summed E-state index contributed by atoms with van der Waals surface area (Å²) in [5.41, 5.74) is 1.28. The molecule has 4 atom stereocenters. The summed E-state index contributed by atoms with van der Waals surface area (Å²) in [5, 5.41) is 0. The third-order valence-electron chi connectivity index (χ3n) is 5.04. The Labute approximate surface area is 146 Å². The number of benzene rings is 1. The molecular weight excluding hydrogens is 401 g/mol. The van der Waals surface area contributed by atoms with Crippen molar-refractivity contribution in [3.8, 4) is 0 Å². The minimum absolute atomic E-state index is 0. The number of ether oxygens (including phenoxy) is 1. The zero-order chi connectivity index (χ0) is 14.3. The lowest BCUT2D eigenvalue weighted by Gasteiger charge is -2.41. The Balaban J connectivity index is 0.00000161. The van der Waals surface area contributed by atoms with E-state index >= 15 is 0 Å². The number of rotatable bonds is 2. The molecule has 0 saturated carbocycles. The number of fused-ring (bicyclic) bond motifs is 2. The zero-order valence-corrected chi connectivity index (χ0v) is 15.3. The van der Waals surface area contributed by atoms with Crippen LogP contribution in [0.2, 0.25) is 0 Å². The molecule has 2 aliphatic rings. The molecule has 0 unspecified atom stereocenters. The molecule has 0 radical (unpaired) electrons. The lowest BCUT2D eigenvalue weighted by molar-refractivity contribution is -0.150. The van der Waals surface area contributed by atoms with Crippen LogP contribution in [0.3, 0.4) is 0 Å². The molecule has 0 N–H and O–H groups in total. The van der Waals surface area contributed by atoms with Crippen molar-refractivity contribution in [2.75, 3.05) is 14.2 Å². The molecule has 2 fully saturated rings. The summed E-state index contributed by atoms with van der Waals surface area (Å²) in [6.45, 7) is 0. The van der Waals surface area contributed by atoms with Crippen LogP contribution in [0.1, 0.15) is 30.7 Å². The Morgan fingerprint density at radius 1 is 1.29 bits per heavy atom. The van der Waals surface area contributed by atoms with E-state index in [4.69, 9.17) is 4.74 Å². The van der Waals surface area contributed by atoms with Gasteiger partial charge in [-0.05, 0) is 66.6 Å². The number of hydrogen-bond donors (Lipinski definition) is 0. The number of nitrogens with zero attached hydrogens (tertiary/aromatic N) is 1. The molecular formula is C16H21ClINO2. The molecule has 0 aromatic heterocycles. The van der Waals surface area contributed by atoms with Gasteiger partial charge in [-0.15, -0.1) is 12.4 Å². The van der Waals surface area contributed by atoms with Gasteiger partial charge in [-0.2, -0.15) is 0 Å². The number of methoxy groups -OCH3 is 1. The number of hydrogen-bond acceptors (Lipinski definition) is 3. The summed E-state index contributed by atoms with van der Waals surface area (Å²) < 4.78 is 6.33. The summed E-state index contributed by atoms with van der Waals surface area (Å²) in [4.78, 5) is 14.7. The van der Waals surface area contributed by atoms with E-state index in [0.717, 1.165) is 12.8 Å². The average molecular weight is 422 g/mol. The Morgan fingerprint density at radius 3 is 2.57 bits per heavy atom. The van der Waals surface area contributed by atoms with Gasteiger partial charge in [0.25, 0.3) is 0 Å². The highest BCUT2D eigenvalue weighted by molar-refractivity contribution is 14.1. The Kier molecular flexibility index (Phi) is 5.54. The Hall–Kier alpha value is -0.330. The molecule has 116 valence electrons. The van der Waals surface area contributed by atoms with Crippen LogP contribution in [0.5, 0.6) is 0 Å². The number of carbonyl (C=O) groups excluding carboxylic acids is 1. The zero-order valence-electron chi connectivity index (χ0n) is 12.3. The van der Waals surface area contributed by atoms with Crippen molar-refractivity contribution < 1.29 is 9.53 Å². The fourth-order valence-corrected chi connectivity index (χ4v) is 4.34. The van der Waals surface area contributed by atoms with Gasteiger partial charge < -0.3 is 4.74 Å². The quantitative estimate of drug-likeness (QED) is 0.541. The van der Waals surface area contributed by atoms with Crippen molar-refractivity contribution in [3.05, 3.63) is 33.4 Å². The lowest BCUT2D eigenvalue weighted by atomic mass is 9.76. The maximum atomic E-state index is 12.3. The first-order valence-corrected chi connectivity index (χ1v) is 8.25. The normalized spacial score (nSPS) is 31.6. The second-order valence-corrected chi connectivity index (χ2v) is 7.15. The van der Waals surface area contributed by atoms with Crippen molar-refractivity contribution in [2.24, 2.45) is 5.92 Å². The fourth-order valence-electron chi connectivity index (χ4n) is 3.98. The molecule has 0 aliphatic carbocycles. The molecule has 2 aliphatic heterocycles. The molecule has 3 rings (SSSR count). The summed E-state index contributed by atoms with van der Waals surface area (Å²) in [6.07, 6.45) is 3.38. The number of halogens is 2. The first-order valence-electron chi connectivity index (χ1n) is 7.17. The monoisotopic (exact) mass is 421 g/mol. The minimum Gasteiger partial charge on any atom is -0.469 e. The van der Waals surface area contributed by atoms with Crippen LogP contribution in [0.25, 0.3) is 0 Å². The van der Waals surface area contributed by atoms with Gasteiger partial charge in [-0.25, -0.2) is 0 Å². The molecule has 21 heavy (non-hydrogen) atoms. The molecule has 2 heterocycles. The molecule has 0 spiro atoms. The van der Waals surface area contributed by atoms with Gasteiger partial charge in [0, 0.05) is 21.6 Å². The van der Waals surface area contributed by atoms with Crippen LogP contribution in [-0.4, -0.2) is 37.1 Å². The molecule has 0 amide bonds. The van der Waals surface area contributed by atoms with Gasteiger partial charge in [-0.1, -0.05) is 12.1 Å². The molecule has 1 aromatic rings. The van der Waals surface area contributed by atoms with Gasteiger partial charge in [0.1, 0.15) is 0 Å². The van der Waals surface area contributed by atoms with Crippen molar-refractivity contribution in [2.45, 2.75) is 37.3 Å². The van der Waals surface area contributed by atoms with Crippen molar-refractivity contribution in [1.29, 1.82) is 0 Å². The van der Waals surface area contributed by atoms with E-state index in [0.29, 0.717) is 18.0 Å². The van der Waals surface area contributed by atoms with Crippen molar-refractivity contribution >= 4 is 41.0 Å². The lowest BCUT2D eigenvalue weighted by Crippen LogP contribution is -2.49. The fraction of sp³-hybridized carbons (Fsp3) is 0.562. The van der Waals surface area contributed by atoms with E-state index in [1.165, 1.54) is 22.7 Å². The second-order valence-electron chi connectivity index (χ2n) is 5.91. The van der Waals surface area contributed by atoms with Crippen LogP contribution < -0.4 is 0 Å². The van der Waals surface area contributed by atoms with E-state index in [1.807, 2.05) is 0 Å². The Morgan fingerprint density at radius 2 is 1.95 bits per heavy atom. The maximum Gasteiger partial charge on any atom is 0.310 e. The average Bonchev–Trinajstić information content (AvgIpc) is 2.70. The first-order chi connectivity index (χ1) is 9.61. The number of esters is 1. The van der Waals surface area contributed by atoms with Crippen LogP contribution in [0.4, 0.5) is 0 Å². The SMILES string of the molecule is COC(=O)[C@H]1[C@@H](c2ccc(I)cc2)C[C@@H]2CC[C@H]1N2C.Cl. The number of piperidine rings is 1. The second kappa shape index (κ2) is 6.84. The molecule has 2 bridgehead atoms. The van der Waals surface area contributed by atoms with Crippen LogP contribution in [0.15, 0.2) is 24.3 Å². The molecule has 5 heteroatoms. The molecule has 1 aromatic carbocycles. The standard InChI is InChI=1S/C16H20INO2.ClH/c1-18-12-7-8-14(18)15(16(19)20-2)13(9-12)10-3-5-11(17)6-4-10;/h3-6,12-15H,7-9H2,1-2H3;1H/t12-,13+,14+,15-;/m0./s1. The highest BCUT2D eigenvalue weighted by Crippen LogP contribution is 2.46. The Bertz CT molecular complexity index is 508. The largest absolute Gasteiger partial charge is 0.469 e. The van der Waals surface area contributed by atoms with Gasteiger partial charge in [0.15, 0.2) is 0 Å². The van der Waals surface area contributed by atoms with Crippen LogP contribution in [-0.2, 0) is 9.53 Å². The van der Waals surface area contributed by atoms with E-state index < -0.39 is 0 Å². The first kappa shape index (κ1) is 17.0. The highest BCUT2D eigenvalue weighted by Gasteiger charge is 2.49. The summed E-state index contributed by atoms with van der Waals surface area (Å²) in [5.74, 6) is 0.225. The van der Waals surface area contributed by atoms with E-state index in [2.05, 4.69) is 58.8 Å². The molecule has 3 nitrogen and oxygen atoms in total. The summed E-state index contributed by atoms with van der Waals surface area (Å²) in [7, 11) is 3.66. The minimum atomic E-state index is -0.0502. The smallest absolute Gasteiger partial charge is 0.310 e. The van der Waals surface area contributed by atoms with Gasteiger partial charge >= 0.3 is 5.97 Å². The van der Waals surface area contributed by atoms with E-state index in [-0.39, 0.29) is 24.3 Å². The van der Waals surface area contributed by atoms with Gasteiger partial charge in [0.2, 0.25) is 0 Å². The van der Waals surface area contributed by atoms with E-state index in [1.54, 1.807) is 0 Å². The molecule has 2 saturated heterocycles. The summed E-state index contributed by atoms with van der Waals surface area (Å²) >= 11 is 2.32. The predicted octanol–water partition coefficient (Wildman–Crippen LogP) is 3.45.